The highest BCUT2D eigenvalue weighted by atomic mass is 79.9. The topological polar surface area (TPSA) is 53.8 Å². The minimum Gasteiger partial charge on any atom is -0.396 e. The number of hydrogen-bond acceptors (Lipinski definition) is 5. The van der Waals surface area contributed by atoms with E-state index >= 15 is 0 Å². The molecular weight excluding hydrogens is 528 g/mol. The third-order valence-electron chi connectivity index (χ3n) is 8.17. The first-order chi connectivity index (χ1) is 17.8. The number of nitrogens with zero attached hydrogens (tertiary/aromatic N) is 4. The summed E-state index contributed by atoms with van der Waals surface area (Å²) in [5, 5.41) is 11.4. The maximum Gasteiger partial charge on any atom is 0.0969 e. The first-order valence-corrected chi connectivity index (χ1v) is 14.5. The molecular formula is C30H41BrN4O2. The van der Waals surface area contributed by atoms with E-state index in [1.54, 1.807) is 7.11 Å². The van der Waals surface area contributed by atoms with Crippen LogP contribution < -0.4 is 4.90 Å². The van der Waals surface area contributed by atoms with Crippen LogP contribution in [0.1, 0.15) is 57.9 Å². The van der Waals surface area contributed by atoms with Crippen LogP contribution in [0.15, 0.2) is 34.9 Å². The molecule has 5 rings (SSSR count). The summed E-state index contributed by atoms with van der Waals surface area (Å²) in [5.74, 6) is 0. The third-order valence-corrected chi connectivity index (χ3v) is 8.66. The monoisotopic (exact) mass is 568 g/mol. The van der Waals surface area contributed by atoms with E-state index in [2.05, 4.69) is 82.3 Å². The summed E-state index contributed by atoms with van der Waals surface area (Å²) in [6.45, 7) is 13.8. The largest absolute Gasteiger partial charge is 0.396 e. The Hall–Kier alpha value is -1.93. The lowest BCUT2D eigenvalue weighted by molar-refractivity contribution is 0.116. The molecule has 0 amide bonds. The third kappa shape index (κ3) is 5.33. The van der Waals surface area contributed by atoms with E-state index in [0.29, 0.717) is 0 Å². The molecule has 1 aliphatic heterocycles. The Morgan fingerprint density at radius 3 is 2.51 bits per heavy atom. The fraction of sp³-hybridized carbons (Fsp3) is 0.567. The van der Waals surface area contributed by atoms with Crippen molar-refractivity contribution in [1.82, 2.24) is 14.5 Å². The van der Waals surface area contributed by atoms with Crippen LogP contribution in [0.5, 0.6) is 0 Å². The van der Waals surface area contributed by atoms with Crippen LogP contribution in [0, 0.1) is 5.41 Å². The molecule has 3 aromatic rings. The van der Waals surface area contributed by atoms with Crippen LogP contribution >= 0.6 is 15.9 Å². The summed E-state index contributed by atoms with van der Waals surface area (Å²) in [5.41, 5.74) is 6.70. The number of hydrogen-bond donors (Lipinski definition) is 1. The van der Waals surface area contributed by atoms with Crippen LogP contribution in [-0.2, 0) is 17.7 Å². The maximum atomic E-state index is 10.2. The lowest BCUT2D eigenvalue weighted by atomic mass is 9.84. The molecule has 2 aliphatic rings. The molecule has 3 heterocycles. The predicted molar refractivity (Wildman–Crippen MR) is 155 cm³/mol. The van der Waals surface area contributed by atoms with Gasteiger partial charge in [0.05, 0.1) is 29.4 Å². The minimum absolute atomic E-state index is 0.129. The molecule has 1 saturated carbocycles. The number of aromatic nitrogens is 2. The summed E-state index contributed by atoms with van der Waals surface area (Å²) in [6, 6.07) is 9.70. The summed E-state index contributed by atoms with van der Waals surface area (Å²) < 4.78 is 9.30. The fourth-order valence-electron chi connectivity index (χ4n) is 5.79. The second-order valence-electron chi connectivity index (χ2n) is 11.5. The van der Waals surface area contributed by atoms with Crippen molar-refractivity contribution >= 4 is 32.5 Å². The molecule has 1 saturated heterocycles. The van der Waals surface area contributed by atoms with Gasteiger partial charge in [0.1, 0.15) is 0 Å². The van der Waals surface area contributed by atoms with Crippen molar-refractivity contribution in [2.24, 2.45) is 5.41 Å². The number of aryl methyl sites for hydroxylation is 1. The van der Waals surface area contributed by atoms with E-state index in [-0.39, 0.29) is 18.1 Å². The van der Waals surface area contributed by atoms with Crippen LogP contribution in [0.2, 0.25) is 0 Å². The smallest absolute Gasteiger partial charge is 0.0969 e. The average Bonchev–Trinajstić information content (AvgIpc) is 3.72. The van der Waals surface area contributed by atoms with Gasteiger partial charge in [0, 0.05) is 73.4 Å². The van der Waals surface area contributed by atoms with Gasteiger partial charge in [0.15, 0.2) is 0 Å². The molecule has 2 fully saturated rings. The number of rotatable bonds is 9. The van der Waals surface area contributed by atoms with Gasteiger partial charge < -0.3 is 19.3 Å². The Kier molecular flexibility index (Phi) is 7.70. The van der Waals surface area contributed by atoms with Crippen LogP contribution in [0.4, 0.5) is 5.69 Å². The highest BCUT2D eigenvalue weighted by Crippen LogP contribution is 2.42. The van der Waals surface area contributed by atoms with Crippen molar-refractivity contribution in [2.45, 2.75) is 65.6 Å². The lowest BCUT2D eigenvalue weighted by Gasteiger charge is -2.36. The van der Waals surface area contributed by atoms with Gasteiger partial charge >= 0.3 is 0 Å². The number of pyridine rings is 1. The zero-order chi connectivity index (χ0) is 26.3. The van der Waals surface area contributed by atoms with Crippen molar-refractivity contribution in [3.63, 3.8) is 0 Å². The first kappa shape index (κ1) is 26.7. The molecule has 200 valence electrons. The van der Waals surface area contributed by atoms with Crippen molar-refractivity contribution in [3.8, 4) is 11.3 Å². The minimum atomic E-state index is -0.249. The zero-order valence-electron chi connectivity index (χ0n) is 22.9. The van der Waals surface area contributed by atoms with Gasteiger partial charge in [0.25, 0.3) is 0 Å². The number of methoxy groups -OCH3 is 1. The molecule has 1 N–H and O–H groups in total. The second-order valence-corrected chi connectivity index (χ2v) is 12.4. The average molecular weight is 570 g/mol. The Labute approximate surface area is 229 Å². The van der Waals surface area contributed by atoms with E-state index in [1.165, 1.54) is 40.7 Å². The number of aliphatic hydroxyl groups excluding tert-OH is 1. The Bertz CT molecular complexity index is 1260. The van der Waals surface area contributed by atoms with Gasteiger partial charge in [-0.3, -0.25) is 9.88 Å². The van der Waals surface area contributed by atoms with E-state index in [9.17, 15) is 5.11 Å². The van der Waals surface area contributed by atoms with Gasteiger partial charge in [-0.2, -0.15) is 0 Å². The molecule has 6 nitrogen and oxygen atoms in total. The molecule has 0 bridgehead atoms. The van der Waals surface area contributed by atoms with Crippen molar-refractivity contribution in [1.29, 1.82) is 0 Å². The molecule has 0 spiro atoms. The molecule has 0 radical (unpaired) electrons. The lowest BCUT2D eigenvalue weighted by Crippen LogP contribution is -2.47. The van der Waals surface area contributed by atoms with Crippen LogP contribution in [0.25, 0.3) is 22.2 Å². The van der Waals surface area contributed by atoms with Gasteiger partial charge in [-0.25, -0.2) is 0 Å². The van der Waals surface area contributed by atoms with Gasteiger partial charge in [0.2, 0.25) is 0 Å². The number of anilines is 1. The number of aliphatic hydroxyl groups is 1. The Morgan fingerprint density at radius 1 is 1.16 bits per heavy atom. The standard InChI is InChI=1S/C30H41BrN4O2/c1-6-35-27-10-7-21(31)15-24(27)26(17-30(3,4)19-36)29(35)25-16-23(18-32-28(25)20(2)37-5)34-13-11-33(12-14-34)22-8-9-22/h7,10,15-16,18,20,22,36H,6,8-9,11-14,17,19H2,1-5H3/t20-/m0/s1. The molecule has 1 aliphatic carbocycles. The molecule has 2 aromatic heterocycles. The normalized spacial score (nSPS) is 18.1. The molecule has 1 atom stereocenters. The van der Waals surface area contributed by atoms with E-state index in [0.717, 1.165) is 60.9 Å². The van der Waals surface area contributed by atoms with Gasteiger partial charge in [-0.15, -0.1) is 0 Å². The van der Waals surface area contributed by atoms with E-state index in [1.807, 2.05) is 6.20 Å². The summed E-state index contributed by atoms with van der Waals surface area (Å²) in [6.07, 6.45) is 5.39. The second kappa shape index (κ2) is 10.7. The predicted octanol–water partition coefficient (Wildman–Crippen LogP) is 6.04. The number of fused-ring (bicyclic) bond motifs is 1. The fourth-order valence-corrected chi connectivity index (χ4v) is 6.15. The zero-order valence-corrected chi connectivity index (χ0v) is 24.5. The quantitative estimate of drug-likeness (QED) is 0.341. The molecule has 1 aromatic carbocycles. The van der Waals surface area contributed by atoms with Gasteiger partial charge in [-0.05, 0) is 68.4 Å². The molecule has 7 heteroatoms. The summed E-state index contributed by atoms with van der Waals surface area (Å²) >= 11 is 3.71. The van der Waals surface area contributed by atoms with Crippen molar-refractivity contribution in [3.05, 3.63) is 46.2 Å². The number of halogens is 1. The first-order valence-electron chi connectivity index (χ1n) is 13.7. The summed E-state index contributed by atoms with van der Waals surface area (Å²) in [4.78, 5) is 10.2. The Morgan fingerprint density at radius 2 is 1.89 bits per heavy atom. The number of benzene rings is 1. The maximum absolute atomic E-state index is 10.2. The highest BCUT2D eigenvalue weighted by Gasteiger charge is 2.32. The van der Waals surface area contributed by atoms with Crippen LogP contribution in [0.3, 0.4) is 0 Å². The molecule has 37 heavy (non-hydrogen) atoms. The van der Waals surface area contributed by atoms with Gasteiger partial charge in [-0.1, -0.05) is 29.8 Å². The van der Waals surface area contributed by atoms with Crippen molar-refractivity contribution < 1.29 is 9.84 Å². The molecule has 0 unspecified atom stereocenters. The van der Waals surface area contributed by atoms with E-state index < -0.39 is 0 Å². The number of piperazine rings is 1. The highest BCUT2D eigenvalue weighted by molar-refractivity contribution is 9.10. The summed E-state index contributed by atoms with van der Waals surface area (Å²) in [7, 11) is 1.75. The Balaban J connectivity index is 1.67. The van der Waals surface area contributed by atoms with E-state index in [4.69, 9.17) is 9.72 Å². The van der Waals surface area contributed by atoms with Crippen LogP contribution in [-0.4, -0.2) is 65.5 Å². The van der Waals surface area contributed by atoms with Crippen molar-refractivity contribution in [2.75, 3.05) is 44.8 Å². The number of ether oxygens (including phenoxy) is 1. The SMILES string of the molecule is CCn1c(-c2cc(N3CCN(C4CC4)CC3)cnc2[C@H](C)OC)c(CC(C)(C)CO)c2cc(Br)ccc21.